The van der Waals surface area contributed by atoms with Crippen LogP contribution in [0.2, 0.25) is 0 Å². The fourth-order valence-electron chi connectivity index (χ4n) is 1.13. The number of aliphatic hydroxyl groups excluding tert-OH is 1. The lowest BCUT2D eigenvalue weighted by molar-refractivity contribution is -0.124. The normalized spacial score (nSPS) is 15.3. The molecule has 84 valence electrons. The number of carbonyl (C=O) groups excluding carboxylic acids is 1. The second-order valence-corrected chi connectivity index (χ2v) is 3.90. The van der Waals surface area contributed by atoms with Crippen LogP contribution in [-0.4, -0.2) is 29.7 Å². The third kappa shape index (κ3) is 4.58. The lowest BCUT2D eigenvalue weighted by atomic mass is 10.0. The van der Waals surface area contributed by atoms with Gasteiger partial charge in [-0.05, 0) is 18.8 Å². The third-order valence-corrected chi connectivity index (χ3v) is 2.34. The molecule has 0 saturated carbocycles. The van der Waals surface area contributed by atoms with E-state index >= 15 is 0 Å². The van der Waals surface area contributed by atoms with Crippen molar-refractivity contribution in [2.24, 2.45) is 11.7 Å². The van der Waals surface area contributed by atoms with Crippen molar-refractivity contribution in [1.82, 2.24) is 5.32 Å². The maximum Gasteiger partial charge on any atom is 0.237 e. The maximum atomic E-state index is 11.5. The molecule has 1 amide bonds. The molecule has 0 fully saturated rings. The Morgan fingerprint density at radius 1 is 1.50 bits per heavy atom. The Hall–Kier alpha value is -0.610. The van der Waals surface area contributed by atoms with E-state index in [2.05, 4.69) is 5.32 Å². The SMILES string of the molecule is CCC(CCO)NC(=O)C(N)C(C)C. The Morgan fingerprint density at radius 3 is 2.43 bits per heavy atom. The highest BCUT2D eigenvalue weighted by atomic mass is 16.3. The molecule has 0 spiro atoms. The summed E-state index contributed by atoms with van der Waals surface area (Å²) in [6, 6.07) is -0.417. The van der Waals surface area contributed by atoms with Gasteiger partial charge in [-0.1, -0.05) is 20.8 Å². The van der Waals surface area contributed by atoms with Crippen molar-refractivity contribution < 1.29 is 9.90 Å². The van der Waals surface area contributed by atoms with Crippen LogP contribution < -0.4 is 11.1 Å². The molecular formula is C10H22N2O2. The first-order valence-corrected chi connectivity index (χ1v) is 5.19. The van der Waals surface area contributed by atoms with Crippen molar-refractivity contribution in [2.75, 3.05) is 6.61 Å². The molecule has 0 aromatic carbocycles. The number of nitrogens with two attached hydrogens (primary N) is 1. The van der Waals surface area contributed by atoms with Crippen LogP contribution in [0.4, 0.5) is 0 Å². The van der Waals surface area contributed by atoms with Crippen LogP contribution in [0, 0.1) is 5.92 Å². The van der Waals surface area contributed by atoms with Crippen LogP contribution in [0.25, 0.3) is 0 Å². The van der Waals surface area contributed by atoms with Gasteiger partial charge < -0.3 is 16.2 Å². The summed E-state index contributed by atoms with van der Waals surface area (Å²) < 4.78 is 0. The van der Waals surface area contributed by atoms with Gasteiger partial charge in [0.05, 0.1) is 6.04 Å². The largest absolute Gasteiger partial charge is 0.396 e. The highest BCUT2D eigenvalue weighted by molar-refractivity contribution is 5.81. The van der Waals surface area contributed by atoms with Gasteiger partial charge in [0.2, 0.25) is 5.91 Å². The monoisotopic (exact) mass is 202 g/mol. The van der Waals surface area contributed by atoms with Crippen LogP contribution in [0.15, 0.2) is 0 Å². The summed E-state index contributed by atoms with van der Waals surface area (Å²) in [5.74, 6) is 0.0157. The van der Waals surface area contributed by atoms with Crippen LogP contribution in [-0.2, 0) is 4.79 Å². The molecule has 2 unspecified atom stereocenters. The molecule has 0 aliphatic heterocycles. The van der Waals surface area contributed by atoms with Gasteiger partial charge in [-0.15, -0.1) is 0 Å². The number of hydrogen-bond acceptors (Lipinski definition) is 3. The highest BCUT2D eigenvalue weighted by Crippen LogP contribution is 2.01. The highest BCUT2D eigenvalue weighted by Gasteiger charge is 2.19. The zero-order valence-corrected chi connectivity index (χ0v) is 9.29. The fourth-order valence-corrected chi connectivity index (χ4v) is 1.13. The van der Waals surface area contributed by atoms with E-state index in [1.165, 1.54) is 0 Å². The molecule has 0 saturated heterocycles. The Balaban J connectivity index is 4.01. The van der Waals surface area contributed by atoms with Crippen LogP contribution in [0.5, 0.6) is 0 Å². The molecule has 14 heavy (non-hydrogen) atoms. The summed E-state index contributed by atoms with van der Waals surface area (Å²) >= 11 is 0. The van der Waals surface area contributed by atoms with E-state index in [1.807, 2.05) is 20.8 Å². The molecule has 0 heterocycles. The molecule has 2 atom stereocenters. The first kappa shape index (κ1) is 13.4. The van der Waals surface area contributed by atoms with E-state index in [1.54, 1.807) is 0 Å². The molecular weight excluding hydrogens is 180 g/mol. The molecule has 4 heteroatoms. The molecule has 4 N–H and O–H groups in total. The fraction of sp³-hybridized carbons (Fsp3) is 0.900. The number of aliphatic hydroxyl groups is 1. The van der Waals surface area contributed by atoms with E-state index in [0.29, 0.717) is 6.42 Å². The predicted molar refractivity (Wildman–Crippen MR) is 56.7 cm³/mol. The Bertz CT molecular complexity index is 172. The molecule has 0 aromatic rings. The standard InChI is InChI=1S/C10H22N2O2/c1-4-8(5-6-13)12-10(14)9(11)7(2)3/h7-9,13H,4-6,11H2,1-3H3,(H,12,14). The summed E-state index contributed by atoms with van der Waals surface area (Å²) in [5, 5.41) is 11.6. The third-order valence-electron chi connectivity index (χ3n) is 2.34. The Labute approximate surface area is 85.9 Å². The lowest BCUT2D eigenvalue weighted by Gasteiger charge is -2.20. The lowest BCUT2D eigenvalue weighted by Crippen LogP contribution is -2.47. The van der Waals surface area contributed by atoms with Crippen molar-refractivity contribution >= 4 is 5.91 Å². The van der Waals surface area contributed by atoms with E-state index in [4.69, 9.17) is 10.8 Å². The minimum absolute atomic E-state index is 0.0392. The Kier molecular flexibility index (Phi) is 6.49. The molecule has 0 aromatic heterocycles. The zero-order chi connectivity index (χ0) is 11.1. The van der Waals surface area contributed by atoms with Gasteiger partial charge in [-0.25, -0.2) is 0 Å². The van der Waals surface area contributed by atoms with E-state index in [-0.39, 0.29) is 24.5 Å². The molecule has 0 radical (unpaired) electrons. The summed E-state index contributed by atoms with van der Waals surface area (Å²) in [7, 11) is 0. The predicted octanol–water partition coefficient (Wildman–Crippen LogP) is 0.247. The topological polar surface area (TPSA) is 75.3 Å². The maximum absolute atomic E-state index is 11.5. The first-order valence-electron chi connectivity index (χ1n) is 5.19. The molecule has 0 aliphatic rings. The van der Waals surface area contributed by atoms with Gasteiger partial charge in [0, 0.05) is 12.6 Å². The molecule has 4 nitrogen and oxygen atoms in total. The van der Waals surface area contributed by atoms with E-state index in [9.17, 15) is 4.79 Å². The summed E-state index contributed by atoms with van der Waals surface area (Å²) in [6.45, 7) is 5.89. The van der Waals surface area contributed by atoms with Crippen molar-refractivity contribution in [3.05, 3.63) is 0 Å². The molecule has 0 bridgehead atoms. The number of carbonyl (C=O) groups is 1. The van der Waals surface area contributed by atoms with Crippen LogP contribution >= 0.6 is 0 Å². The zero-order valence-electron chi connectivity index (χ0n) is 9.29. The number of rotatable bonds is 6. The summed E-state index contributed by atoms with van der Waals surface area (Å²) in [4.78, 5) is 11.5. The summed E-state index contributed by atoms with van der Waals surface area (Å²) in [6.07, 6.45) is 1.41. The quantitative estimate of drug-likeness (QED) is 0.578. The number of amides is 1. The van der Waals surface area contributed by atoms with Gasteiger partial charge in [0.1, 0.15) is 0 Å². The molecule has 0 aliphatic carbocycles. The second kappa shape index (κ2) is 6.79. The average molecular weight is 202 g/mol. The first-order chi connectivity index (χ1) is 6.52. The Morgan fingerprint density at radius 2 is 2.07 bits per heavy atom. The minimum Gasteiger partial charge on any atom is -0.396 e. The van der Waals surface area contributed by atoms with E-state index < -0.39 is 6.04 Å². The van der Waals surface area contributed by atoms with Gasteiger partial charge in [0.15, 0.2) is 0 Å². The minimum atomic E-state index is -0.456. The number of nitrogens with one attached hydrogen (secondary N) is 1. The van der Waals surface area contributed by atoms with Gasteiger partial charge in [0.25, 0.3) is 0 Å². The number of hydrogen-bond donors (Lipinski definition) is 3. The van der Waals surface area contributed by atoms with Crippen molar-refractivity contribution in [3.8, 4) is 0 Å². The van der Waals surface area contributed by atoms with Gasteiger partial charge >= 0.3 is 0 Å². The van der Waals surface area contributed by atoms with Gasteiger partial charge in [-0.3, -0.25) is 4.79 Å². The van der Waals surface area contributed by atoms with Crippen molar-refractivity contribution in [3.63, 3.8) is 0 Å². The van der Waals surface area contributed by atoms with Gasteiger partial charge in [-0.2, -0.15) is 0 Å². The smallest absolute Gasteiger partial charge is 0.237 e. The van der Waals surface area contributed by atoms with Crippen molar-refractivity contribution in [1.29, 1.82) is 0 Å². The average Bonchev–Trinajstić information content (AvgIpc) is 2.15. The van der Waals surface area contributed by atoms with E-state index in [0.717, 1.165) is 6.42 Å². The van der Waals surface area contributed by atoms with Crippen LogP contribution in [0.3, 0.4) is 0 Å². The second-order valence-electron chi connectivity index (χ2n) is 3.90. The summed E-state index contributed by atoms with van der Waals surface area (Å²) in [5.41, 5.74) is 5.68. The van der Waals surface area contributed by atoms with Crippen LogP contribution in [0.1, 0.15) is 33.6 Å². The molecule has 0 rings (SSSR count). The van der Waals surface area contributed by atoms with Crippen molar-refractivity contribution in [2.45, 2.75) is 45.7 Å².